The summed E-state index contributed by atoms with van der Waals surface area (Å²) in [6.45, 7) is 5.11. The number of carboxylic acid groups (broad SMARTS) is 1. The quantitative estimate of drug-likeness (QED) is 0.655. The average Bonchev–Trinajstić information content (AvgIpc) is 2.84. The summed E-state index contributed by atoms with van der Waals surface area (Å²) in [6.07, 6.45) is 0. The van der Waals surface area contributed by atoms with Crippen LogP contribution in [-0.2, 0) is 4.74 Å². The molecule has 3 N–H and O–H groups in total. The number of nitrogens with one attached hydrogen (secondary N) is 2. The summed E-state index contributed by atoms with van der Waals surface area (Å²) in [5, 5.41) is 16.1. The minimum atomic E-state index is -1.07. The molecular weight excluding hydrogens is 270 g/mol. The van der Waals surface area contributed by atoms with Gasteiger partial charge in [0.1, 0.15) is 5.01 Å². The van der Waals surface area contributed by atoms with Gasteiger partial charge in [0.2, 0.25) is 0 Å². The number of amides is 2. The van der Waals surface area contributed by atoms with Gasteiger partial charge in [-0.05, 0) is 13.8 Å². The van der Waals surface area contributed by atoms with Gasteiger partial charge in [0.05, 0.1) is 12.6 Å². The number of aromatic carboxylic acids is 1. The first-order chi connectivity index (χ1) is 9.04. The number of thiazole rings is 1. The second-order valence-electron chi connectivity index (χ2n) is 3.69. The minimum Gasteiger partial charge on any atom is -0.476 e. The highest BCUT2D eigenvalue weighted by Gasteiger charge is 2.15. The Balaban J connectivity index is 2.38. The van der Waals surface area contributed by atoms with Crippen LogP contribution in [0.4, 0.5) is 4.79 Å². The lowest BCUT2D eigenvalue weighted by atomic mass is 10.3. The Labute approximate surface area is 115 Å². The van der Waals surface area contributed by atoms with E-state index in [-0.39, 0.29) is 17.8 Å². The molecule has 1 unspecified atom stereocenters. The van der Waals surface area contributed by atoms with Crippen molar-refractivity contribution in [3.05, 3.63) is 16.1 Å². The number of carboxylic acids is 1. The smallest absolute Gasteiger partial charge is 0.355 e. The summed E-state index contributed by atoms with van der Waals surface area (Å²) in [6, 6.07) is -0.676. The fourth-order valence-electron chi connectivity index (χ4n) is 1.28. The monoisotopic (exact) mass is 287 g/mol. The van der Waals surface area contributed by atoms with Crippen LogP contribution >= 0.6 is 11.3 Å². The Morgan fingerprint density at radius 3 is 2.89 bits per heavy atom. The zero-order valence-electron chi connectivity index (χ0n) is 10.8. The number of ether oxygens (including phenoxy) is 1. The van der Waals surface area contributed by atoms with Gasteiger partial charge in [-0.3, -0.25) is 0 Å². The lowest BCUT2D eigenvalue weighted by molar-refractivity contribution is 0.0691. The number of aromatic nitrogens is 1. The van der Waals surface area contributed by atoms with Crippen molar-refractivity contribution in [1.29, 1.82) is 0 Å². The van der Waals surface area contributed by atoms with Gasteiger partial charge in [-0.25, -0.2) is 14.6 Å². The third-order valence-corrected chi connectivity index (χ3v) is 3.22. The predicted octanol–water partition coefficient (Wildman–Crippen LogP) is 1.24. The van der Waals surface area contributed by atoms with Crippen molar-refractivity contribution in [2.75, 3.05) is 19.8 Å². The van der Waals surface area contributed by atoms with E-state index in [2.05, 4.69) is 15.6 Å². The van der Waals surface area contributed by atoms with Gasteiger partial charge >= 0.3 is 12.0 Å². The van der Waals surface area contributed by atoms with Crippen molar-refractivity contribution in [3.63, 3.8) is 0 Å². The zero-order valence-corrected chi connectivity index (χ0v) is 11.6. The van der Waals surface area contributed by atoms with Crippen LogP contribution < -0.4 is 10.6 Å². The molecule has 1 heterocycles. The molecule has 0 aliphatic rings. The molecule has 8 heteroatoms. The summed E-state index contributed by atoms with van der Waals surface area (Å²) in [7, 11) is 0. The molecule has 2 amide bonds. The Bertz CT molecular complexity index is 435. The number of rotatable bonds is 7. The highest BCUT2D eigenvalue weighted by molar-refractivity contribution is 7.09. The van der Waals surface area contributed by atoms with Crippen LogP contribution in [0.3, 0.4) is 0 Å². The summed E-state index contributed by atoms with van der Waals surface area (Å²) < 4.78 is 5.09. The molecule has 0 aromatic carbocycles. The van der Waals surface area contributed by atoms with Gasteiger partial charge in [0, 0.05) is 18.5 Å². The van der Waals surface area contributed by atoms with Crippen molar-refractivity contribution in [3.8, 4) is 0 Å². The highest BCUT2D eigenvalue weighted by Crippen LogP contribution is 2.17. The molecule has 1 rings (SSSR count). The Kier molecular flexibility index (Phi) is 6.23. The first-order valence-electron chi connectivity index (χ1n) is 5.85. The Morgan fingerprint density at radius 2 is 2.32 bits per heavy atom. The van der Waals surface area contributed by atoms with Crippen molar-refractivity contribution in [2.24, 2.45) is 0 Å². The Hall–Kier alpha value is -1.67. The molecule has 0 radical (unpaired) electrons. The second kappa shape index (κ2) is 7.70. The van der Waals surface area contributed by atoms with E-state index in [9.17, 15) is 9.59 Å². The van der Waals surface area contributed by atoms with Gasteiger partial charge in [0.15, 0.2) is 5.69 Å². The van der Waals surface area contributed by atoms with Crippen molar-refractivity contribution in [1.82, 2.24) is 15.6 Å². The van der Waals surface area contributed by atoms with E-state index in [0.717, 1.165) is 0 Å². The summed E-state index contributed by atoms with van der Waals surface area (Å²) >= 11 is 1.20. The highest BCUT2D eigenvalue weighted by atomic mass is 32.1. The van der Waals surface area contributed by atoms with Gasteiger partial charge in [-0.1, -0.05) is 0 Å². The average molecular weight is 287 g/mol. The molecule has 0 aliphatic carbocycles. The molecule has 0 saturated heterocycles. The minimum absolute atomic E-state index is 0.00889. The van der Waals surface area contributed by atoms with Gasteiger partial charge < -0.3 is 20.5 Å². The third kappa shape index (κ3) is 5.23. The molecule has 0 aliphatic heterocycles. The number of carbonyl (C=O) groups is 2. The lowest BCUT2D eigenvalue weighted by Crippen LogP contribution is -2.38. The number of carbonyl (C=O) groups excluding carboxylic acids is 1. The number of urea groups is 1. The molecule has 1 aromatic rings. The normalized spacial score (nSPS) is 11.9. The fraction of sp³-hybridized carbons (Fsp3) is 0.545. The standard InChI is InChI=1S/C11H17N3O4S/c1-3-18-5-4-12-11(17)13-7(2)9-14-8(6-19-9)10(15)16/h6-7H,3-5H2,1-2H3,(H,15,16)(H2,12,13,17). The van der Waals surface area contributed by atoms with E-state index in [1.165, 1.54) is 16.7 Å². The van der Waals surface area contributed by atoms with E-state index in [1.807, 2.05) is 6.92 Å². The van der Waals surface area contributed by atoms with Gasteiger partial charge in [-0.15, -0.1) is 11.3 Å². The van der Waals surface area contributed by atoms with Crippen LogP contribution in [-0.4, -0.2) is 41.8 Å². The molecule has 7 nitrogen and oxygen atoms in total. The number of hydrogen-bond acceptors (Lipinski definition) is 5. The van der Waals surface area contributed by atoms with Gasteiger partial charge in [-0.2, -0.15) is 0 Å². The largest absolute Gasteiger partial charge is 0.476 e. The third-order valence-electron chi connectivity index (χ3n) is 2.20. The zero-order chi connectivity index (χ0) is 14.3. The number of hydrogen-bond donors (Lipinski definition) is 3. The molecule has 0 spiro atoms. The predicted molar refractivity (Wildman–Crippen MR) is 70.5 cm³/mol. The maximum Gasteiger partial charge on any atom is 0.355 e. The Morgan fingerprint density at radius 1 is 1.58 bits per heavy atom. The summed E-state index contributed by atoms with van der Waals surface area (Å²) in [5.74, 6) is -1.07. The molecular formula is C11H17N3O4S. The van der Waals surface area contributed by atoms with E-state index < -0.39 is 5.97 Å². The van der Waals surface area contributed by atoms with Crippen LogP contribution in [0, 0.1) is 0 Å². The van der Waals surface area contributed by atoms with Crippen LogP contribution in [0.5, 0.6) is 0 Å². The maximum absolute atomic E-state index is 11.5. The van der Waals surface area contributed by atoms with Crippen molar-refractivity contribution < 1.29 is 19.4 Å². The summed E-state index contributed by atoms with van der Waals surface area (Å²) in [5.41, 5.74) is -0.00889. The SMILES string of the molecule is CCOCCNC(=O)NC(C)c1nc(C(=O)O)cs1. The van der Waals surface area contributed by atoms with Crippen LogP contribution in [0.2, 0.25) is 0 Å². The molecule has 106 valence electrons. The van der Waals surface area contributed by atoms with Gasteiger partial charge in [0.25, 0.3) is 0 Å². The molecule has 0 saturated carbocycles. The lowest BCUT2D eigenvalue weighted by Gasteiger charge is -2.12. The first-order valence-corrected chi connectivity index (χ1v) is 6.73. The molecule has 1 atom stereocenters. The fourth-order valence-corrected chi connectivity index (χ4v) is 2.08. The number of nitrogens with zero attached hydrogens (tertiary/aromatic N) is 1. The van der Waals surface area contributed by atoms with Crippen molar-refractivity contribution in [2.45, 2.75) is 19.9 Å². The van der Waals surface area contributed by atoms with E-state index in [0.29, 0.717) is 24.8 Å². The van der Waals surface area contributed by atoms with E-state index >= 15 is 0 Å². The van der Waals surface area contributed by atoms with Crippen LogP contribution in [0.15, 0.2) is 5.38 Å². The molecule has 0 bridgehead atoms. The van der Waals surface area contributed by atoms with Crippen molar-refractivity contribution >= 4 is 23.3 Å². The molecule has 1 aromatic heterocycles. The molecule has 0 fully saturated rings. The van der Waals surface area contributed by atoms with E-state index in [4.69, 9.17) is 9.84 Å². The van der Waals surface area contributed by atoms with E-state index in [1.54, 1.807) is 6.92 Å². The topological polar surface area (TPSA) is 101 Å². The summed E-state index contributed by atoms with van der Waals surface area (Å²) in [4.78, 5) is 26.1. The van der Waals surface area contributed by atoms with Crippen LogP contribution in [0.1, 0.15) is 35.4 Å². The van der Waals surface area contributed by atoms with Crippen LogP contribution in [0.25, 0.3) is 0 Å². The second-order valence-corrected chi connectivity index (χ2v) is 4.58. The first kappa shape index (κ1) is 15.4. The molecule has 19 heavy (non-hydrogen) atoms. The maximum atomic E-state index is 11.5.